The number of rotatable bonds is 6. The molecule has 1 fully saturated rings. The van der Waals surface area contributed by atoms with E-state index >= 15 is 0 Å². The van der Waals surface area contributed by atoms with E-state index < -0.39 is 17.5 Å². The highest BCUT2D eigenvalue weighted by Crippen LogP contribution is 2.26. The minimum absolute atomic E-state index is 0.00789. The Balaban J connectivity index is 1.49. The fraction of sp³-hybridized carbons (Fsp3) is 0.286. The SMILES string of the molecule is O=C(CSc1nc(CN2CCOCC2)nc2ccccc12)Nc1cc(F)ccc1F. The average Bonchev–Trinajstić information content (AvgIpc) is 2.75. The summed E-state index contributed by atoms with van der Waals surface area (Å²) in [4.78, 5) is 23.8. The second-order valence-corrected chi connectivity index (χ2v) is 7.78. The van der Waals surface area contributed by atoms with Crippen molar-refractivity contribution in [2.75, 3.05) is 37.4 Å². The Kier molecular flexibility index (Phi) is 6.51. The third-order valence-corrected chi connectivity index (χ3v) is 5.62. The molecule has 6 nitrogen and oxygen atoms in total. The Morgan fingerprint density at radius 3 is 2.77 bits per heavy atom. The van der Waals surface area contributed by atoms with E-state index in [0.29, 0.717) is 30.6 Å². The molecule has 2 aromatic carbocycles. The summed E-state index contributed by atoms with van der Waals surface area (Å²) in [6.45, 7) is 3.61. The number of thioether (sulfide) groups is 1. The van der Waals surface area contributed by atoms with Crippen LogP contribution in [-0.4, -0.2) is 52.8 Å². The van der Waals surface area contributed by atoms with Gasteiger partial charge in [-0.2, -0.15) is 0 Å². The summed E-state index contributed by atoms with van der Waals surface area (Å²) in [6, 6.07) is 10.5. The molecule has 1 amide bonds. The summed E-state index contributed by atoms with van der Waals surface area (Å²) in [5.74, 6) is -1.06. The number of benzene rings is 2. The molecule has 0 unspecified atom stereocenters. The molecule has 1 N–H and O–H groups in total. The fourth-order valence-electron chi connectivity index (χ4n) is 3.15. The standard InChI is InChI=1S/C21H20F2N4O2S/c22-14-5-6-16(23)18(11-14)25-20(28)13-30-21-15-3-1-2-4-17(15)24-19(26-21)12-27-7-9-29-10-8-27/h1-6,11H,7-10,12-13H2,(H,25,28). The van der Waals surface area contributed by atoms with E-state index in [9.17, 15) is 13.6 Å². The van der Waals surface area contributed by atoms with Gasteiger partial charge in [-0.3, -0.25) is 9.69 Å². The average molecular weight is 430 g/mol. The summed E-state index contributed by atoms with van der Waals surface area (Å²) in [5.41, 5.74) is 0.621. The number of carbonyl (C=O) groups is 1. The van der Waals surface area contributed by atoms with Crippen molar-refractivity contribution in [1.29, 1.82) is 0 Å². The quantitative estimate of drug-likeness (QED) is 0.477. The van der Waals surface area contributed by atoms with E-state index in [1.54, 1.807) is 0 Å². The first-order chi connectivity index (χ1) is 14.6. The minimum Gasteiger partial charge on any atom is -0.379 e. The van der Waals surface area contributed by atoms with Crippen LogP contribution in [0.1, 0.15) is 5.82 Å². The van der Waals surface area contributed by atoms with E-state index in [4.69, 9.17) is 4.74 Å². The van der Waals surface area contributed by atoms with Gasteiger partial charge >= 0.3 is 0 Å². The molecular formula is C21H20F2N4O2S. The largest absolute Gasteiger partial charge is 0.379 e. The lowest BCUT2D eigenvalue weighted by molar-refractivity contribution is -0.113. The van der Waals surface area contributed by atoms with Crippen LogP contribution in [0.5, 0.6) is 0 Å². The van der Waals surface area contributed by atoms with Crippen LogP contribution in [0, 0.1) is 11.6 Å². The van der Waals surface area contributed by atoms with Crippen molar-refractivity contribution in [1.82, 2.24) is 14.9 Å². The topological polar surface area (TPSA) is 67.4 Å². The fourth-order valence-corrected chi connectivity index (χ4v) is 3.98. The van der Waals surface area contributed by atoms with Gasteiger partial charge in [0.05, 0.1) is 36.7 Å². The van der Waals surface area contributed by atoms with Crippen molar-refractivity contribution in [3.05, 3.63) is 59.9 Å². The molecule has 0 aliphatic carbocycles. The number of morpholine rings is 1. The molecule has 2 heterocycles. The van der Waals surface area contributed by atoms with Crippen LogP contribution in [0.25, 0.3) is 10.9 Å². The van der Waals surface area contributed by atoms with Gasteiger partial charge in [-0.25, -0.2) is 18.7 Å². The van der Waals surface area contributed by atoms with Gasteiger partial charge < -0.3 is 10.1 Å². The lowest BCUT2D eigenvalue weighted by Crippen LogP contribution is -2.36. The number of aromatic nitrogens is 2. The summed E-state index contributed by atoms with van der Waals surface area (Å²) in [6.07, 6.45) is 0. The number of para-hydroxylation sites is 1. The van der Waals surface area contributed by atoms with Crippen LogP contribution in [0.2, 0.25) is 0 Å². The number of nitrogens with zero attached hydrogens (tertiary/aromatic N) is 3. The summed E-state index contributed by atoms with van der Waals surface area (Å²) < 4.78 is 32.4. The maximum absolute atomic E-state index is 13.8. The number of ether oxygens (including phenoxy) is 1. The third kappa shape index (κ3) is 5.10. The lowest BCUT2D eigenvalue weighted by Gasteiger charge is -2.25. The van der Waals surface area contributed by atoms with Crippen LogP contribution in [-0.2, 0) is 16.1 Å². The number of hydrogen-bond acceptors (Lipinski definition) is 6. The number of fused-ring (bicyclic) bond motifs is 1. The number of anilines is 1. The molecular weight excluding hydrogens is 410 g/mol. The van der Waals surface area contributed by atoms with Crippen LogP contribution in [0.3, 0.4) is 0 Å². The molecule has 0 atom stereocenters. The van der Waals surface area contributed by atoms with E-state index in [1.807, 2.05) is 24.3 Å². The van der Waals surface area contributed by atoms with Gasteiger partial charge in [-0.1, -0.05) is 30.0 Å². The summed E-state index contributed by atoms with van der Waals surface area (Å²) >= 11 is 1.24. The van der Waals surface area contributed by atoms with Crippen LogP contribution in [0.4, 0.5) is 14.5 Å². The summed E-state index contributed by atoms with van der Waals surface area (Å²) in [7, 11) is 0. The first-order valence-electron chi connectivity index (χ1n) is 9.52. The van der Waals surface area contributed by atoms with Crippen molar-refractivity contribution in [3.8, 4) is 0 Å². The second kappa shape index (κ2) is 9.46. The zero-order valence-electron chi connectivity index (χ0n) is 16.1. The highest BCUT2D eigenvalue weighted by atomic mass is 32.2. The van der Waals surface area contributed by atoms with E-state index in [0.717, 1.165) is 42.2 Å². The molecule has 4 rings (SSSR count). The molecule has 9 heteroatoms. The predicted octanol–water partition coefficient (Wildman–Crippen LogP) is 3.47. The van der Waals surface area contributed by atoms with Gasteiger partial charge in [0.15, 0.2) is 0 Å². The lowest BCUT2D eigenvalue weighted by atomic mass is 10.2. The Bertz CT molecular complexity index is 1060. The van der Waals surface area contributed by atoms with Gasteiger partial charge in [0.1, 0.15) is 22.5 Å². The molecule has 3 aromatic rings. The zero-order chi connectivity index (χ0) is 20.9. The molecule has 0 spiro atoms. The molecule has 0 bridgehead atoms. The molecule has 30 heavy (non-hydrogen) atoms. The molecule has 1 aliphatic rings. The van der Waals surface area contributed by atoms with Gasteiger partial charge in [0.2, 0.25) is 5.91 Å². The molecule has 156 valence electrons. The first kappa shape index (κ1) is 20.6. The van der Waals surface area contributed by atoms with E-state index in [1.165, 1.54) is 11.8 Å². The van der Waals surface area contributed by atoms with Crippen LogP contribution in [0.15, 0.2) is 47.5 Å². The monoisotopic (exact) mass is 430 g/mol. The van der Waals surface area contributed by atoms with E-state index in [-0.39, 0.29) is 11.4 Å². The van der Waals surface area contributed by atoms with Gasteiger partial charge in [-0.15, -0.1) is 0 Å². The normalized spacial score (nSPS) is 14.7. The number of halogens is 2. The third-order valence-electron chi connectivity index (χ3n) is 4.63. The molecule has 0 saturated carbocycles. The van der Waals surface area contributed by atoms with Crippen molar-refractivity contribution in [2.45, 2.75) is 11.6 Å². The zero-order valence-corrected chi connectivity index (χ0v) is 16.9. The van der Waals surface area contributed by atoms with Crippen LogP contribution < -0.4 is 5.32 Å². The van der Waals surface area contributed by atoms with Gasteiger partial charge in [0.25, 0.3) is 0 Å². The van der Waals surface area contributed by atoms with E-state index in [2.05, 4.69) is 20.2 Å². The molecule has 1 saturated heterocycles. The van der Waals surface area contributed by atoms with Gasteiger partial charge in [-0.05, 0) is 18.2 Å². The van der Waals surface area contributed by atoms with Crippen molar-refractivity contribution in [2.24, 2.45) is 0 Å². The number of hydrogen-bond donors (Lipinski definition) is 1. The van der Waals surface area contributed by atoms with Crippen molar-refractivity contribution in [3.63, 3.8) is 0 Å². The Labute approximate surface area is 176 Å². The Morgan fingerprint density at radius 2 is 1.93 bits per heavy atom. The van der Waals surface area contributed by atoms with Gasteiger partial charge in [0, 0.05) is 24.5 Å². The summed E-state index contributed by atoms with van der Waals surface area (Å²) in [5, 5.41) is 3.93. The van der Waals surface area contributed by atoms with Crippen LogP contribution >= 0.6 is 11.8 Å². The molecule has 1 aromatic heterocycles. The highest BCUT2D eigenvalue weighted by molar-refractivity contribution is 8.00. The highest BCUT2D eigenvalue weighted by Gasteiger charge is 2.16. The van der Waals surface area contributed by atoms with Crippen molar-refractivity contribution < 1.29 is 18.3 Å². The molecule has 1 aliphatic heterocycles. The molecule has 0 radical (unpaired) electrons. The smallest absolute Gasteiger partial charge is 0.234 e. The number of nitrogens with one attached hydrogen (secondary N) is 1. The first-order valence-corrected chi connectivity index (χ1v) is 10.5. The number of carbonyl (C=O) groups excluding carboxylic acids is 1. The van der Waals surface area contributed by atoms with Crippen molar-refractivity contribution >= 4 is 34.3 Å². The maximum atomic E-state index is 13.8. The Hall–Kier alpha value is -2.62. The predicted molar refractivity (Wildman–Crippen MR) is 111 cm³/mol. The Morgan fingerprint density at radius 1 is 1.13 bits per heavy atom. The maximum Gasteiger partial charge on any atom is 0.234 e. The second-order valence-electron chi connectivity index (χ2n) is 6.81. The number of amides is 1. The minimum atomic E-state index is -0.685.